The molecule has 0 N–H and O–H groups in total. The van der Waals surface area contributed by atoms with E-state index in [-0.39, 0.29) is 36.5 Å². The van der Waals surface area contributed by atoms with E-state index in [1.165, 1.54) is 4.90 Å². The highest BCUT2D eigenvalue weighted by atomic mass is 16.5. The number of imide groups is 1. The molecule has 0 aromatic heterocycles. The highest BCUT2D eigenvalue weighted by Crippen LogP contribution is 2.24. The van der Waals surface area contributed by atoms with Crippen LogP contribution in [0, 0.1) is 0 Å². The first-order valence-corrected chi connectivity index (χ1v) is 9.43. The summed E-state index contributed by atoms with van der Waals surface area (Å²) in [6.45, 7) is 5.14. The lowest BCUT2D eigenvalue weighted by Crippen LogP contribution is -2.48. The van der Waals surface area contributed by atoms with Crippen LogP contribution in [0.1, 0.15) is 50.5 Å². The number of carbonyl (C=O) groups excluding carboxylic acids is 3. The highest BCUT2D eigenvalue weighted by molar-refractivity contribution is 6.21. The van der Waals surface area contributed by atoms with Gasteiger partial charge >= 0.3 is 0 Å². The lowest BCUT2D eigenvalue weighted by Gasteiger charge is -2.35. The van der Waals surface area contributed by atoms with E-state index in [1.54, 1.807) is 47.4 Å². The Labute approximate surface area is 163 Å². The Kier molecular flexibility index (Phi) is 4.73. The molecule has 1 saturated heterocycles. The third-order valence-corrected chi connectivity index (χ3v) is 5.10. The Hall–Kier alpha value is -2.99. The zero-order chi connectivity index (χ0) is 19.8. The van der Waals surface area contributed by atoms with Crippen molar-refractivity contribution in [3.63, 3.8) is 0 Å². The molecule has 2 heterocycles. The van der Waals surface area contributed by atoms with Crippen LogP contribution in [-0.2, 0) is 11.3 Å². The number of carbonyl (C=O) groups is 3. The number of hydrogen-bond acceptors (Lipinski definition) is 4. The van der Waals surface area contributed by atoms with Gasteiger partial charge in [-0.15, -0.1) is 0 Å². The van der Waals surface area contributed by atoms with Crippen LogP contribution >= 0.6 is 0 Å². The summed E-state index contributed by atoms with van der Waals surface area (Å²) < 4.78 is 5.69. The number of morpholine rings is 1. The molecule has 144 valence electrons. The van der Waals surface area contributed by atoms with Crippen LogP contribution in [0.4, 0.5) is 0 Å². The molecule has 1 fully saturated rings. The number of benzene rings is 2. The van der Waals surface area contributed by atoms with Crippen molar-refractivity contribution in [2.24, 2.45) is 0 Å². The summed E-state index contributed by atoms with van der Waals surface area (Å²) in [6, 6.07) is 14.0. The van der Waals surface area contributed by atoms with E-state index in [0.717, 1.165) is 5.56 Å². The second kappa shape index (κ2) is 7.20. The largest absolute Gasteiger partial charge is 0.372 e. The number of rotatable bonds is 3. The van der Waals surface area contributed by atoms with Crippen molar-refractivity contribution >= 4 is 17.7 Å². The molecule has 2 aliphatic rings. The summed E-state index contributed by atoms with van der Waals surface area (Å²) >= 11 is 0. The van der Waals surface area contributed by atoms with E-state index in [1.807, 2.05) is 19.9 Å². The Morgan fingerprint density at radius 3 is 2.18 bits per heavy atom. The molecule has 0 aliphatic carbocycles. The minimum atomic E-state index is -0.298. The van der Waals surface area contributed by atoms with Crippen LogP contribution in [0.3, 0.4) is 0 Å². The first-order valence-electron chi connectivity index (χ1n) is 9.43. The highest BCUT2D eigenvalue weighted by Gasteiger charge is 2.35. The first-order chi connectivity index (χ1) is 13.4. The average Bonchev–Trinajstić information content (AvgIpc) is 2.92. The molecule has 4 rings (SSSR count). The molecule has 0 saturated carbocycles. The van der Waals surface area contributed by atoms with Crippen molar-refractivity contribution in [3.8, 4) is 0 Å². The second-order valence-corrected chi connectivity index (χ2v) is 7.41. The molecule has 6 heteroatoms. The predicted octanol–water partition coefficient (Wildman–Crippen LogP) is 2.73. The molecule has 2 aromatic carbocycles. The van der Waals surface area contributed by atoms with E-state index in [2.05, 4.69) is 0 Å². The normalized spacial score (nSPS) is 21.8. The summed E-state index contributed by atoms with van der Waals surface area (Å²) in [5.74, 6) is -0.660. The fourth-order valence-corrected chi connectivity index (χ4v) is 3.89. The van der Waals surface area contributed by atoms with Gasteiger partial charge in [-0.05, 0) is 43.7 Å². The van der Waals surface area contributed by atoms with Crippen molar-refractivity contribution < 1.29 is 19.1 Å². The Balaban J connectivity index is 1.53. The van der Waals surface area contributed by atoms with Crippen LogP contribution in [0.2, 0.25) is 0 Å². The van der Waals surface area contributed by atoms with Crippen LogP contribution < -0.4 is 0 Å². The number of amides is 3. The molecule has 3 amide bonds. The standard InChI is InChI=1S/C22H22N2O4/c1-14-11-23(12-15(2)28-14)20(25)17-7-5-6-16(10-17)13-24-21(26)18-8-3-4-9-19(18)22(24)27/h3-10,14-15H,11-13H2,1-2H3. The molecule has 0 bridgehead atoms. The van der Waals surface area contributed by atoms with Gasteiger partial charge in [0, 0.05) is 18.7 Å². The number of fused-ring (bicyclic) bond motifs is 1. The van der Waals surface area contributed by atoms with Gasteiger partial charge < -0.3 is 9.64 Å². The topological polar surface area (TPSA) is 66.9 Å². The van der Waals surface area contributed by atoms with Crippen molar-refractivity contribution in [2.45, 2.75) is 32.6 Å². The molecule has 2 aromatic rings. The zero-order valence-corrected chi connectivity index (χ0v) is 15.9. The quantitative estimate of drug-likeness (QED) is 0.771. The summed E-state index contributed by atoms with van der Waals surface area (Å²) in [4.78, 5) is 41.1. The lowest BCUT2D eigenvalue weighted by molar-refractivity contribution is -0.0586. The Morgan fingerprint density at radius 2 is 1.57 bits per heavy atom. The maximum atomic E-state index is 12.9. The molecule has 0 radical (unpaired) electrons. The van der Waals surface area contributed by atoms with Gasteiger partial charge in [-0.25, -0.2) is 0 Å². The van der Waals surface area contributed by atoms with E-state index in [4.69, 9.17) is 4.74 Å². The third-order valence-electron chi connectivity index (χ3n) is 5.10. The van der Waals surface area contributed by atoms with E-state index in [9.17, 15) is 14.4 Å². The van der Waals surface area contributed by atoms with Gasteiger partial charge in [0.1, 0.15) is 0 Å². The van der Waals surface area contributed by atoms with Gasteiger partial charge in [-0.3, -0.25) is 19.3 Å². The minimum Gasteiger partial charge on any atom is -0.372 e. The maximum absolute atomic E-state index is 12.9. The van der Waals surface area contributed by atoms with E-state index >= 15 is 0 Å². The van der Waals surface area contributed by atoms with E-state index in [0.29, 0.717) is 29.8 Å². The summed E-state index contributed by atoms with van der Waals surface area (Å²) in [6.07, 6.45) is -0.0107. The number of ether oxygens (including phenoxy) is 1. The number of nitrogens with zero attached hydrogens (tertiary/aromatic N) is 2. The van der Waals surface area contributed by atoms with Gasteiger partial charge in [0.05, 0.1) is 29.9 Å². The average molecular weight is 378 g/mol. The predicted molar refractivity (Wildman–Crippen MR) is 103 cm³/mol. The minimum absolute atomic E-state index is 0.00534. The molecule has 2 atom stereocenters. The zero-order valence-electron chi connectivity index (χ0n) is 15.9. The van der Waals surface area contributed by atoms with Crippen LogP contribution in [0.15, 0.2) is 48.5 Å². The van der Waals surface area contributed by atoms with Crippen LogP contribution in [0.5, 0.6) is 0 Å². The fourth-order valence-electron chi connectivity index (χ4n) is 3.89. The molecule has 6 nitrogen and oxygen atoms in total. The van der Waals surface area contributed by atoms with Gasteiger partial charge in [0.2, 0.25) is 0 Å². The summed E-state index contributed by atoms with van der Waals surface area (Å²) in [5.41, 5.74) is 2.15. The summed E-state index contributed by atoms with van der Waals surface area (Å²) in [5, 5.41) is 0. The Bertz CT molecular complexity index is 910. The second-order valence-electron chi connectivity index (χ2n) is 7.41. The lowest BCUT2D eigenvalue weighted by atomic mass is 10.1. The molecular weight excluding hydrogens is 356 g/mol. The van der Waals surface area contributed by atoms with Gasteiger partial charge in [-0.2, -0.15) is 0 Å². The fraction of sp³-hybridized carbons (Fsp3) is 0.318. The monoisotopic (exact) mass is 378 g/mol. The van der Waals surface area contributed by atoms with Crippen molar-refractivity contribution in [1.82, 2.24) is 9.80 Å². The Morgan fingerprint density at radius 1 is 0.964 bits per heavy atom. The van der Waals surface area contributed by atoms with E-state index < -0.39 is 0 Å². The SMILES string of the molecule is CC1CN(C(=O)c2cccc(CN3C(=O)c4ccccc4C3=O)c2)CC(C)O1. The van der Waals surface area contributed by atoms with Crippen molar-refractivity contribution in [2.75, 3.05) is 13.1 Å². The van der Waals surface area contributed by atoms with Crippen LogP contribution in [0.25, 0.3) is 0 Å². The first kappa shape index (κ1) is 18.4. The summed E-state index contributed by atoms with van der Waals surface area (Å²) in [7, 11) is 0. The third kappa shape index (κ3) is 3.31. The van der Waals surface area contributed by atoms with Crippen molar-refractivity contribution in [3.05, 3.63) is 70.8 Å². The molecular formula is C22H22N2O4. The smallest absolute Gasteiger partial charge is 0.261 e. The molecule has 0 spiro atoms. The van der Waals surface area contributed by atoms with Gasteiger partial charge in [-0.1, -0.05) is 24.3 Å². The van der Waals surface area contributed by atoms with Crippen molar-refractivity contribution in [1.29, 1.82) is 0 Å². The number of hydrogen-bond donors (Lipinski definition) is 0. The molecule has 2 aliphatic heterocycles. The van der Waals surface area contributed by atoms with Gasteiger partial charge in [0.15, 0.2) is 0 Å². The molecule has 2 unspecified atom stereocenters. The van der Waals surface area contributed by atoms with Crippen LogP contribution in [-0.4, -0.2) is 52.8 Å². The maximum Gasteiger partial charge on any atom is 0.261 e. The molecule has 28 heavy (non-hydrogen) atoms. The van der Waals surface area contributed by atoms with Gasteiger partial charge in [0.25, 0.3) is 17.7 Å².